The van der Waals surface area contributed by atoms with Gasteiger partial charge in [0, 0.05) is 18.7 Å². The van der Waals surface area contributed by atoms with Gasteiger partial charge >= 0.3 is 12.1 Å². The van der Waals surface area contributed by atoms with Crippen LogP contribution in [-0.2, 0) is 9.53 Å². The number of carboxylic acid groups (broad SMARTS) is 1. The van der Waals surface area contributed by atoms with Crippen molar-refractivity contribution in [2.24, 2.45) is 0 Å². The zero-order valence-corrected chi connectivity index (χ0v) is 16.2. The molecule has 148 valence electrons. The third-order valence-electron chi connectivity index (χ3n) is 4.60. The molecule has 28 heavy (non-hydrogen) atoms. The number of ether oxygens (including phenoxy) is 1. The zero-order chi connectivity index (χ0) is 20.5. The van der Waals surface area contributed by atoms with Crippen LogP contribution in [0.15, 0.2) is 42.5 Å². The summed E-state index contributed by atoms with van der Waals surface area (Å²) < 4.78 is 5.32. The maximum absolute atomic E-state index is 13.1. The number of hydrogen-bond donors (Lipinski definition) is 1. The summed E-state index contributed by atoms with van der Waals surface area (Å²) in [6.45, 7) is 5.42. The zero-order valence-electron chi connectivity index (χ0n) is 16.2. The molecule has 1 aliphatic rings. The van der Waals surface area contributed by atoms with Crippen LogP contribution in [0.5, 0.6) is 0 Å². The molecule has 3 rings (SSSR count). The van der Waals surface area contributed by atoms with E-state index >= 15 is 0 Å². The lowest BCUT2D eigenvalue weighted by Crippen LogP contribution is -2.60. The summed E-state index contributed by atoms with van der Waals surface area (Å²) in [7, 11) is 0. The normalized spacial score (nSPS) is 17.5. The minimum Gasteiger partial charge on any atom is -0.480 e. The summed E-state index contributed by atoms with van der Waals surface area (Å²) in [5, 5.41) is 11.4. The molecule has 1 aliphatic heterocycles. The lowest BCUT2D eigenvalue weighted by molar-refractivity contribution is -0.145. The molecule has 7 nitrogen and oxygen atoms in total. The number of fused-ring (bicyclic) bond motifs is 1. The van der Waals surface area contributed by atoms with Crippen LogP contribution in [-0.4, -0.2) is 64.2 Å². The molecule has 0 spiro atoms. The number of piperazine rings is 1. The standard InChI is InChI=1S/C21H24N2O5/c1-21(2,3)28-20(27)23-12-11-22(13-17(23)19(25)26)18(24)16-10-6-8-14-7-4-5-9-15(14)16/h4-10,17H,11-13H2,1-3H3,(H,25,26)/t17-/m0/s1. The first-order valence-corrected chi connectivity index (χ1v) is 9.17. The molecule has 0 saturated carbocycles. The Kier molecular flexibility index (Phi) is 5.27. The molecular formula is C21H24N2O5. The minimum atomic E-state index is -1.17. The van der Waals surface area contributed by atoms with Crippen molar-refractivity contribution < 1.29 is 24.2 Å². The van der Waals surface area contributed by atoms with Gasteiger partial charge in [-0.3, -0.25) is 9.69 Å². The quantitative estimate of drug-likeness (QED) is 0.860. The van der Waals surface area contributed by atoms with E-state index in [4.69, 9.17) is 4.74 Å². The minimum absolute atomic E-state index is 0.0867. The second-order valence-electron chi connectivity index (χ2n) is 7.81. The number of nitrogens with zero attached hydrogens (tertiary/aromatic N) is 2. The van der Waals surface area contributed by atoms with Gasteiger partial charge in [-0.25, -0.2) is 9.59 Å². The SMILES string of the molecule is CC(C)(C)OC(=O)N1CCN(C(=O)c2cccc3ccccc23)C[C@H]1C(=O)O. The number of carboxylic acids is 1. The molecule has 0 radical (unpaired) electrons. The van der Waals surface area contributed by atoms with Crippen molar-refractivity contribution in [3.8, 4) is 0 Å². The van der Waals surface area contributed by atoms with Gasteiger partial charge in [-0.05, 0) is 37.6 Å². The number of hydrogen-bond acceptors (Lipinski definition) is 4. The molecule has 1 fully saturated rings. The Morgan fingerprint density at radius 3 is 2.39 bits per heavy atom. The third kappa shape index (κ3) is 4.08. The van der Waals surface area contributed by atoms with Crippen LogP contribution in [0, 0.1) is 0 Å². The molecular weight excluding hydrogens is 360 g/mol. The van der Waals surface area contributed by atoms with Crippen LogP contribution < -0.4 is 0 Å². The van der Waals surface area contributed by atoms with Gasteiger partial charge in [-0.1, -0.05) is 36.4 Å². The Balaban J connectivity index is 1.83. The van der Waals surface area contributed by atoms with Crippen molar-refractivity contribution in [3.05, 3.63) is 48.0 Å². The lowest BCUT2D eigenvalue weighted by atomic mass is 10.0. The summed E-state index contributed by atoms with van der Waals surface area (Å²) in [4.78, 5) is 39.9. The van der Waals surface area contributed by atoms with Crippen LogP contribution in [0.4, 0.5) is 4.79 Å². The van der Waals surface area contributed by atoms with E-state index in [2.05, 4.69) is 0 Å². The predicted octanol–water partition coefficient (Wildman–Crippen LogP) is 2.99. The topological polar surface area (TPSA) is 87.2 Å². The Labute approximate surface area is 163 Å². The van der Waals surface area contributed by atoms with Crippen LogP contribution in [0.3, 0.4) is 0 Å². The van der Waals surface area contributed by atoms with Crippen LogP contribution in [0.25, 0.3) is 10.8 Å². The third-order valence-corrected chi connectivity index (χ3v) is 4.60. The predicted molar refractivity (Wildman–Crippen MR) is 104 cm³/mol. The summed E-state index contributed by atoms with van der Waals surface area (Å²) in [6, 6.07) is 11.9. The van der Waals surface area contributed by atoms with Crippen LogP contribution >= 0.6 is 0 Å². The van der Waals surface area contributed by atoms with E-state index in [-0.39, 0.29) is 25.5 Å². The molecule has 1 heterocycles. The summed E-state index contributed by atoms with van der Waals surface area (Å²) in [6.07, 6.45) is -0.683. The molecule has 1 N–H and O–H groups in total. The van der Waals surface area contributed by atoms with Crippen LogP contribution in [0.2, 0.25) is 0 Å². The van der Waals surface area contributed by atoms with Gasteiger partial charge < -0.3 is 14.7 Å². The molecule has 0 unspecified atom stereocenters. The van der Waals surface area contributed by atoms with Gasteiger partial charge in [0.1, 0.15) is 5.60 Å². The first-order valence-electron chi connectivity index (χ1n) is 9.17. The fraction of sp³-hybridized carbons (Fsp3) is 0.381. The largest absolute Gasteiger partial charge is 0.480 e. The van der Waals surface area contributed by atoms with Crippen molar-refractivity contribution >= 4 is 28.7 Å². The highest BCUT2D eigenvalue weighted by molar-refractivity contribution is 6.07. The highest BCUT2D eigenvalue weighted by Gasteiger charge is 2.39. The Bertz CT molecular complexity index is 913. The van der Waals surface area contributed by atoms with Crippen LogP contribution in [0.1, 0.15) is 31.1 Å². The lowest BCUT2D eigenvalue weighted by Gasteiger charge is -2.39. The Hall–Kier alpha value is -3.09. The van der Waals surface area contributed by atoms with Crippen molar-refractivity contribution in [1.29, 1.82) is 0 Å². The number of amides is 2. The second-order valence-corrected chi connectivity index (χ2v) is 7.81. The summed E-state index contributed by atoms with van der Waals surface area (Å²) in [5.74, 6) is -1.41. The smallest absolute Gasteiger partial charge is 0.411 e. The van der Waals surface area contributed by atoms with Gasteiger partial charge in [-0.15, -0.1) is 0 Å². The maximum Gasteiger partial charge on any atom is 0.411 e. The Morgan fingerprint density at radius 1 is 1.04 bits per heavy atom. The molecule has 2 aromatic rings. The average molecular weight is 384 g/mol. The van der Waals surface area contributed by atoms with Crippen molar-refractivity contribution in [3.63, 3.8) is 0 Å². The fourth-order valence-electron chi connectivity index (χ4n) is 3.30. The monoisotopic (exact) mass is 384 g/mol. The van der Waals surface area contributed by atoms with Gasteiger partial charge in [0.05, 0.1) is 6.54 Å². The van der Waals surface area contributed by atoms with Gasteiger partial charge in [-0.2, -0.15) is 0 Å². The highest BCUT2D eigenvalue weighted by atomic mass is 16.6. The van der Waals surface area contributed by atoms with Crippen molar-refractivity contribution in [2.45, 2.75) is 32.4 Å². The first-order chi connectivity index (χ1) is 13.2. The van der Waals surface area contributed by atoms with Crippen molar-refractivity contribution in [2.75, 3.05) is 19.6 Å². The molecule has 0 aromatic heterocycles. The Morgan fingerprint density at radius 2 is 1.71 bits per heavy atom. The van der Waals surface area contributed by atoms with E-state index in [1.165, 1.54) is 9.80 Å². The van der Waals surface area contributed by atoms with E-state index < -0.39 is 23.7 Å². The van der Waals surface area contributed by atoms with E-state index in [1.54, 1.807) is 32.9 Å². The van der Waals surface area contributed by atoms with E-state index in [1.807, 2.05) is 30.3 Å². The molecule has 2 amide bonds. The molecule has 1 saturated heterocycles. The van der Waals surface area contributed by atoms with Gasteiger partial charge in [0.2, 0.25) is 0 Å². The number of carbonyl (C=O) groups excluding carboxylic acids is 2. The van der Waals surface area contributed by atoms with E-state index in [0.29, 0.717) is 5.56 Å². The van der Waals surface area contributed by atoms with Gasteiger partial charge in [0.15, 0.2) is 6.04 Å². The highest BCUT2D eigenvalue weighted by Crippen LogP contribution is 2.22. The summed E-state index contributed by atoms with van der Waals surface area (Å²) >= 11 is 0. The number of rotatable bonds is 2. The number of aliphatic carboxylic acids is 1. The average Bonchev–Trinajstić information content (AvgIpc) is 2.65. The van der Waals surface area contributed by atoms with Gasteiger partial charge in [0.25, 0.3) is 5.91 Å². The fourth-order valence-corrected chi connectivity index (χ4v) is 3.30. The van der Waals surface area contributed by atoms with E-state index in [0.717, 1.165) is 10.8 Å². The first kappa shape index (κ1) is 19.7. The molecule has 1 atom stereocenters. The second kappa shape index (κ2) is 7.50. The number of benzene rings is 2. The van der Waals surface area contributed by atoms with E-state index in [9.17, 15) is 19.5 Å². The molecule has 7 heteroatoms. The van der Waals surface area contributed by atoms with Crippen molar-refractivity contribution in [1.82, 2.24) is 9.80 Å². The maximum atomic E-state index is 13.1. The summed E-state index contributed by atoms with van der Waals surface area (Å²) in [5.41, 5.74) is -0.205. The molecule has 0 bridgehead atoms. The molecule has 2 aromatic carbocycles. The molecule has 0 aliphatic carbocycles. The number of carbonyl (C=O) groups is 3.